The van der Waals surface area contributed by atoms with Crippen LogP contribution in [-0.4, -0.2) is 65.8 Å². The molecule has 5 rings (SSSR count). The third-order valence-corrected chi connectivity index (χ3v) is 7.85. The second-order valence-corrected chi connectivity index (χ2v) is 10.8. The molecule has 4 heterocycles. The number of anilines is 3. The molecular formula is C28H31Cl2FN6O2. The average molecular weight is 574 g/mol. The summed E-state index contributed by atoms with van der Waals surface area (Å²) in [5, 5.41) is 0.466. The number of pyridine rings is 1. The van der Waals surface area contributed by atoms with Gasteiger partial charge in [-0.3, -0.25) is 0 Å². The zero-order valence-corrected chi connectivity index (χ0v) is 23.7. The number of ether oxygens (including phenoxy) is 1. The first-order valence-electron chi connectivity index (χ1n) is 13.2. The van der Waals surface area contributed by atoms with Gasteiger partial charge in [0.2, 0.25) is 5.95 Å². The molecule has 11 heteroatoms. The Balaban J connectivity index is 1.42. The Bertz CT molecular complexity index is 1380. The van der Waals surface area contributed by atoms with Crippen LogP contribution in [-0.2, 0) is 4.74 Å². The van der Waals surface area contributed by atoms with E-state index in [9.17, 15) is 9.18 Å². The fourth-order valence-electron chi connectivity index (χ4n) is 5.21. The summed E-state index contributed by atoms with van der Waals surface area (Å²) in [6.07, 6.45) is 3.68. The maximum absolute atomic E-state index is 13.9. The Kier molecular flexibility index (Phi) is 8.09. The summed E-state index contributed by atoms with van der Waals surface area (Å²) < 4.78 is 18.9. The van der Waals surface area contributed by atoms with Crippen molar-refractivity contribution in [3.05, 3.63) is 58.0 Å². The highest BCUT2D eigenvalue weighted by Gasteiger charge is 2.30. The van der Waals surface area contributed by atoms with Gasteiger partial charge < -0.3 is 19.4 Å². The molecule has 0 saturated carbocycles. The predicted octanol–water partition coefficient (Wildman–Crippen LogP) is 5.87. The van der Waals surface area contributed by atoms with Crippen LogP contribution in [0.3, 0.4) is 0 Å². The third-order valence-electron chi connectivity index (χ3n) is 7.28. The summed E-state index contributed by atoms with van der Waals surface area (Å²) in [6, 6.07) is 8.62. The topological polar surface area (TPSA) is 74.7 Å². The van der Waals surface area contributed by atoms with E-state index in [4.69, 9.17) is 37.9 Å². The maximum Gasteiger partial charge on any atom is 0.339 e. The molecule has 1 aromatic carbocycles. The predicted molar refractivity (Wildman–Crippen MR) is 153 cm³/mol. The number of hydrogen-bond donors (Lipinski definition) is 0. The van der Waals surface area contributed by atoms with Gasteiger partial charge in [-0.05, 0) is 57.9 Å². The van der Waals surface area contributed by atoms with Gasteiger partial charge in [0.15, 0.2) is 0 Å². The highest BCUT2D eigenvalue weighted by Crippen LogP contribution is 2.33. The quantitative estimate of drug-likeness (QED) is 0.340. The lowest BCUT2D eigenvalue weighted by Crippen LogP contribution is -2.52. The molecule has 1 unspecified atom stereocenters. The van der Waals surface area contributed by atoms with Gasteiger partial charge in [-0.25, -0.2) is 19.2 Å². The van der Waals surface area contributed by atoms with Gasteiger partial charge in [-0.2, -0.15) is 4.98 Å². The van der Waals surface area contributed by atoms with E-state index in [0.717, 1.165) is 30.8 Å². The van der Waals surface area contributed by atoms with Crippen molar-refractivity contribution in [2.45, 2.75) is 45.7 Å². The van der Waals surface area contributed by atoms with Gasteiger partial charge in [0.05, 0.1) is 27.9 Å². The molecule has 0 spiro atoms. The monoisotopic (exact) mass is 572 g/mol. The van der Waals surface area contributed by atoms with E-state index in [-0.39, 0.29) is 17.7 Å². The zero-order chi connectivity index (χ0) is 27.7. The lowest BCUT2D eigenvalue weighted by Gasteiger charge is -2.41. The highest BCUT2D eigenvalue weighted by molar-refractivity contribution is 6.33. The molecule has 39 heavy (non-hydrogen) atoms. The van der Waals surface area contributed by atoms with Gasteiger partial charge in [-0.15, -0.1) is 0 Å². The maximum atomic E-state index is 13.9. The normalized spacial score (nSPS) is 19.5. The highest BCUT2D eigenvalue weighted by atomic mass is 35.5. The number of aromatic nitrogens is 3. The number of esters is 1. The Morgan fingerprint density at radius 2 is 1.87 bits per heavy atom. The van der Waals surface area contributed by atoms with Crippen LogP contribution in [0.1, 0.15) is 44.0 Å². The summed E-state index contributed by atoms with van der Waals surface area (Å²) >= 11 is 12.6. The van der Waals surface area contributed by atoms with Gasteiger partial charge in [0.1, 0.15) is 17.5 Å². The number of carbonyl (C=O) groups excluding carboxylic acids is 1. The van der Waals surface area contributed by atoms with E-state index in [1.165, 1.54) is 12.3 Å². The van der Waals surface area contributed by atoms with Crippen LogP contribution in [0.4, 0.5) is 22.0 Å². The van der Waals surface area contributed by atoms with Crippen LogP contribution in [0.15, 0.2) is 36.5 Å². The number of nitrogens with zero attached hydrogens (tertiary/aromatic N) is 6. The van der Waals surface area contributed by atoms with Crippen molar-refractivity contribution in [2.75, 3.05) is 47.5 Å². The minimum atomic E-state index is -0.463. The second kappa shape index (κ2) is 11.5. The minimum absolute atomic E-state index is 0.0593. The Morgan fingerprint density at radius 1 is 1.05 bits per heavy atom. The van der Waals surface area contributed by atoms with Gasteiger partial charge in [-0.1, -0.05) is 23.2 Å². The van der Waals surface area contributed by atoms with Crippen molar-refractivity contribution >= 4 is 46.8 Å². The number of rotatable bonds is 6. The molecule has 0 bridgehead atoms. The number of benzene rings is 1. The molecule has 2 aliphatic heterocycles. The summed E-state index contributed by atoms with van der Waals surface area (Å²) in [5.41, 5.74) is 1.77. The molecule has 206 valence electrons. The van der Waals surface area contributed by atoms with E-state index in [2.05, 4.69) is 33.5 Å². The SMILES string of the molecule is CCOC(=O)c1cnc(N2CCN(c3cc(-c4ccc(F)c(Cl)c4)nc(N4CCCC4C)n3)[C@H](C)C2)c(Cl)c1. The molecule has 3 aromatic rings. The van der Waals surface area contributed by atoms with Gasteiger partial charge >= 0.3 is 5.97 Å². The molecule has 2 aromatic heterocycles. The van der Waals surface area contributed by atoms with Crippen molar-refractivity contribution in [2.24, 2.45) is 0 Å². The minimum Gasteiger partial charge on any atom is -0.462 e. The number of halogens is 3. The van der Waals surface area contributed by atoms with Crippen molar-refractivity contribution < 1.29 is 13.9 Å². The van der Waals surface area contributed by atoms with Crippen LogP contribution >= 0.6 is 23.2 Å². The van der Waals surface area contributed by atoms with E-state index < -0.39 is 11.8 Å². The third kappa shape index (κ3) is 5.75. The largest absolute Gasteiger partial charge is 0.462 e. The summed E-state index contributed by atoms with van der Waals surface area (Å²) in [7, 11) is 0. The Labute approximate surface area is 237 Å². The van der Waals surface area contributed by atoms with Crippen molar-refractivity contribution in [3.63, 3.8) is 0 Å². The smallest absolute Gasteiger partial charge is 0.339 e. The standard InChI is InChI=1S/C28H31Cl2FN6O2/c1-4-39-27(38)20-13-22(30)26(32-15-20)35-10-11-36(18(3)16-35)25-14-24(19-7-8-23(31)21(29)12-19)33-28(34-25)37-9-5-6-17(37)2/h7-8,12-15,17-18H,4-6,9-11,16H2,1-3H3/t17?,18-/m1/s1. The van der Waals surface area contributed by atoms with E-state index in [1.807, 2.05) is 6.07 Å². The van der Waals surface area contributed by atoms with Crippen LogP contribution < -0.4 is 14.7 Å². The Hall–Kier alpha value is -3.17. The summed E-state index contributed by atoms with van der Waals surface area (Å²) in [6.45, 7) is 9.24. The van der Waals surface area contributed by atoms with Crippen molar-refractivity contribution in [1.29, 1.82) is 0 Å². The van der Waals surface area contributed by atoms with E-state index in [1.54, 1.807) is 25.1 Å². The molecule has 2 atom stereocenters. The van der Waals surface area contributed by atoms with E-state index >= 15 is 0 Å². The first-order chi connectivity index (χ1) is 18.7. The second-order valence-electron chi connectivity index (χ2n) is 9.96. The van der Waals surface area contributed by atoms with Gasteiger partial charge in [0.25, 0.3) is 0 Å². The van der Waals surface area contributed by atoms with Crippen LogP contribution in [0.2, 0.25) is 10.0 Å². The fraction of sp³-hybridized carbons (Fsp3) is 0.429. The van der Waals surface area contributed by atoms with Gasteiger partial charge in [0, 0.05) is 56.1 Å². The van der Waals surface area contributed by atoms with Crippen LogP contribution in [0.25, 0.3) is 11.3 Å². The average Bonchev–Trinajstić information content (AvgIpc) is 3.35. The number of carbonyl (C=O) groups is 1. The lowest BCUT2D eigenvalue weighted by molar-refractivity contribution is 0.0526. The number of hydrogen-bond acceptors (Lipinski definition) is 8. The van der Waals surface area contributed by atoms with E-state index in [0.29, 0.717) is 53.7 Å². The molecule has 2 saturated heterocycles. The van der Waals surface area contributed by atoms with Crippen molar-refractivity contribution in [1.82, 2.24) is 15.0 Å². The molecule has 0 amide bonds. The fourth-order valence-corrected chi connectivity index (χ4v) is 5.68. The molecule has 2 fully saturated rings. The molecule has 0 radical (unpaired) electrons. The zero-order valence-electron chi connectivity index (χ0n) is 22.2. The summed E-state index contributed by atoms with van der Waals surface area (Å²) in [4.78, 5) is 33.0. The molecule has 0 aliphatic carbocycles. The van der Waals surface area contributed by atoms with Crippen LogP contribution in [0.5, 0.6) is 0 Å². The van der Waals surface area contributed by atoms with Crippen LogP contribution in [0, 0.1) is 5.82 Å². The number of piperazine rings is 1. The molecule has 0 N–H and O–H groups in total. The lowest BCUT2D eigenvalue weighted by atomic mass is 10.1. The molecular weight excluding hydrogens is 542 g/mol. The first-order valence-corrected chi connectivity index (χ1v) is 14.0. The summed E-state index contributed by atoms with van der Waals surface area (Å²) in [5.74, 6) is 1.20. The molecule has 8 nitrogen and oxygen atoms in total. The first kappa shape index (κ1) is 27.4. The Morgan fingerprint density at radius 3 is 2.54 bits per heavy atom. The molecule has 2 aliphatic rings. The van der Waals surface area contributed by atoms with Crippen molar-refractivity contribution in [3.8, 4) is 11.3 Å².